The molecule has 4 nitrogen and oxygen atoms in total. The Labute approximate surface area is 138 Å². The van der Waals surface area contributed by atoms with Gasteiger partial charge in [-0.05, 0) is 26.7 Å². The monoisotopic (exact) mass is 326 g/mol. The highest BCUT2D eigenvalue weighted by molar-refractivity contribution is 7.11. The predicted octanol–water partition coefficient (Wildman–Crippen LogP) is 3.38. The van der Waals surface area contributed by atoms with Crippen molar-refractivity contribution >= 4 is 11.3 Å². The first kappa shape index (κ1) is 17.9. The molecule has 5 heteroatoms. The van der Waals surface area contributed by atoms with Crippen LogP contribution >= 0.6 is 11.3 Å². The number of nitrogens with zero attached hydrogens (tertiary/aromatic N) is 1. The lowest BCUT2D eigenvalue weighted by Gasteiger charge is -2.28. The van der Waals surface area contributed by atoms with Crippen LogP contribution < -0.4 is 5.32 Å². The number of aryl methyl sites for hydroxylation is 1. The van der Waals surface area contributed by atoms with E-state index in [1.807, 2.05) is 0 Å². The average Bonchev–Trinajstić information content (AvgIpc) is 2.73. The Kier molecular flexibility index (Phi) is 6.81. The Hall–Kier alpha value is -0.490. The van der Waals surface area contributed by atoms with Gasteiger partial charge in [-0.1, -0.05) is 25.7 Å². The van der Waals surface area contributed by atoms with Crippen LogP contribution in [0.1, 0.15) is 67.1 Å². The number of hydrogen-bond donors (Lipinski definition) is 2. The molecule has 2 N–H and O–H groups in total. The van der Waals surface area contributed by atoms with E-state index in [2.05, 4.69) is 24.1 Å². The van der Waals surface area contributed by atoms with Gasteiger partial charge >= 0.3 is 0 Å². The molecule has 1 atom stereocenters. The largest absolute Gasteiger partial charge is 0.389 e. The summed E-state index contributed by atoms with van der Waals surface area (Å²) in [6, 6.07) is 0.237. The van der Waals surface area contributed by atoms with E-state index in [1.165, 1.54) is 17.7 Å². The Bertz CT molecular complexity index is 454. The first-order chi connectivity index (χ1) is 10.5. The van der Waals surface area contributed by atoms with Gasteiger partial charge in [0, 0.05) is 31.0 Å². The summed E-state index contributed by atoms with van der Waals surface area (Å²) < 4.78 is 5.13. The number of rotatable bonds is 7. The van der Waals surface area contributed by atoms with Crippen LogP contribution in [0.4, 0.5) is 0 Å². The Balaban J connectivity index is 1.91. The minimum absolute atomic E-state index is 0.237. The molecule has 1 unspecified atom stereocenters. The lowest BCUT2D eigenvalue weighted by atomic mass is 9.94. The van der Waals surface area contributed by atoms with Gasteiger partial charge in [-0.15, -0.1) is 11.3 Å². The van der Waals surface area contributed by atoms with Crippen molar-refractivity contribution in [3.05, 3.63) is 15.6 Å². The highest BCUT2D eigenvalue weighted by atomic mass is 32.1. The molecular formula is C17H30N2O2S. The van der Waals surface area contributed by atoms with Crippen molar-refractivity contribution in [3.8, 4) is 0 Å². The SMILES string of the molecule is COCCc1nc(C)c(C(C)NCC2(O)CCCCCC2)s1. The molecule has 1 aromatic rings. The molecule has 0 bridgehead atoms. The fourth-order valence-corrected chi connectivity index (χ4v) is 4.24. The quantitative estimate of drug-likeness (QED) is 0.754. The summed E-state index contributed by atoms with van der Waals surface area (Å²) in [6.07, 6.45) is 7.53. The molecular weight excluding hydrogens is 296 g/mol. The number of hydrogen-bond acceptors (Lipinski definition) is 5. The van der Waals surface area contributed by atoms with Crippen molar-refractivity contribution in [2.75, 3.05) is 20.3 Å². The summed E-state index contributed by atoms with van der Waals surface area (Å²) in [5.74, 6) is 0. The third-order valence-electron chi connectivity index (χ3n) is 4.56. The molecule has 22 heavy (non-hydrogen) atoms. The second kappa shape index (κ2) is 8.39. The molecule has 1 aromatic heterocycles. The van der Waals surface area contributed by atoms with Gasteiger partial charge in [0.05, 0.1) is 22.9 Å². The van der Waals surface area contributed by atoms with Crippen LogP contribution in [0.5, 0.6) is 0 Å². The predicted molar refractivity (Wildman–Crippen MR) is 91.5 cm³/mol. The van der Waals surface area contributed by atoms with Crippen molar-refractivity contribution in [1.29, 1.82) is 0 Å². The summed E-state index contributed by atoms with van der Waals surface area (Å²) in [7, 11) is 1.72. The van der Waals surface area contributed by atoms with Gasteiger partial charge in [0.1, 0.15) is 0 Å². The lowest BCUT2D eigenvalue weighted by molar-refractivity contribution is 0.0232. The standard InChI is InChI=1S/C17H30N2O2S/c1-13(16-14(2)19-15(22-16)8-11-21-3)18-12-17(20)9-6-4-5-7-10-17/h13,18,20H,4-12H2,1-3H3. The van der Waals surface area contributed by atoms with Gasteiger partial charge in [0.15, 0.2) is 0 Å². The van der Waals surface area contributed by atoms with E-state index in [1.54, 1.807) is 18.4 Å². The number of thiazole rings is 1. The van der Waals surface area contributed by atoms with Crippen LogP contribution in [0, 0.1) is 6.92 Å². The minimum Gasteiger partial charge on any atom is -0.389 e. The molecule has 0 aliphatic heterocycles. The van der Waals surface area contributed by atoms with Gasteiger partial charge < -0.3 is 15.2 Å². The number of aromatic nitrogens is 1. The van der Waals surface area contributed by atoms with Crippen molar-refractivity contribution in [2.24, 2.45) is 0 Å². The average molecular weight is 327 g/mol. The molecule has 0 radical (unpaired) electrons. The van der Waals surface area contributed by atoms with Crippen molar-refractivity contribution in [1.82, 2.24) is 10.3 Å². The molecule has 0 saturated heterocycles. The first-order valence-corrected chi connectivity index (χ1v) is 9.26. The van der Waals surface area contributed by atoms with Gasteiger partial charge in [-0.25, -0.2) is 4.98 Å². The van der Waals surface area contributed by atoms with E-state index in [0.717, 1.165) is 42.8 Å². The van der Waals surface area contributed by atoms with E-state index in [4.69, 9.17) is 4.74 Å². The molecule has 1 fully saturated rings. The maximum absolute atomic E-state index is 10.7. The smallest absolute Gasteiger partial charge is 0.0954 e. The van der Waals surface area contributed by atoms with Crippen LogP contribution in [-0.4, -0.2) is 36.0 Å². The van der Waals surface area contributed by atoms with Crippen molar-refractivity contribution in [3.63, 3.8) is 0 Å². The highest BCUT2D eigenvalue weighted by Gasteiger charge is 2.28. The summed E-state index contributed by atoms with van der Waals surface area (Å²) in [5.41, 5.74) is 0.575. The van der Waals surface area contributed by atoms with Crippen LogP contribution in [0.2, 0.25) is 0 Å². The number of methoxy groups -OCH3 is 1. The Morgan fingerprint density at radius 2 is 2.00 bits per heavy atom. The lowest BCUT2D eigenvalue weighted by Crippen LogP contribution is -2.41. The van der Waals surface area contributed by atoms with Gasteiger partial charge in [0.25, 0.3) is 0 Å². The maximum Gasteiger partial charge on any atom is 0.0954 e. The third kappa shape index (κ3) is 5.01. The van der Waals surface area contributed by atoms with E-state index in [0.29, 0.717) is 13.2 Å². The van der Waals surface area contributed by atoms with Gasteiger partial charge in [-0.2, -0.15) is 0 Å². The minimum atomic E-state index is -0.526. The molecule has 1 heterocycles. The van der Waals surface area contributed by atoms with Crippen molar-refractivity contribution in [2.45, 2.75) is 70.4 Å². The Morgan fingerprint density at radius 1 is 1.32 bits per heavy atom. The fourth-order valence-electron chi connectivity index (χ4n) is 3.16. The zero-order valence-corrected chi connectivity index (χ0v) is 15.0. The van der Waals surface area contributed by atoms with E-state index in [-0.39, 0.29) is 6.04 Å². The van der Waals surface area contributed by atoms with E-state index in [9.17, 15) is 5.11 Å². The Morgan fingerprint density at radius 3 is 2.64 bits per heavy atom. The van der Waals surface area contributed by atoms with Crippen molar-refractivity contribution < 1.29 is 9.84 Å². The number of aliphatic hydroxyl groups is 1. The van der Waals surface area contributed by atoms with E-state index >= 15 is 0 Å². The topological polar surface area (TPSA) is 54.4 Å². The van der Waals surface area contributed by atoms with Gasteiger partial charge in [-0.3, -0.25) is 0 Å². The molecule has 0 aromatic carbocycles. The third-order valence-corrected chi connectivity index (χ3v) is 5.96. The molecule has 0 amide bonds. The molecule has 2 rings (SSSR count). The normalized spacial score (nSPS) is 19.8. The zero-order chi connectivity index (χ0) is 16.0. The highest BCUT2D eigenvalue weighted by Crippen LogP contribution is 2.29. The maximum atomic E-state index is 10.7. The van der Waals surface area contributed by atoms with E-state index < -0.39 is 5.60 Å². The second-order valence-corrected chi connectivity index (χ2v) is 7.66. The fraction of sp³-hybridized carbons (Fsp3) is 0.824. The molecule has 126 valence electrons. The zero-order valence-electron chi connectivity index (χ0n) is 14.2. The summed E-state index contributed by atoms with van der Waals surface area (Å²) in [4.78, 5) is 5.91. The van der Waals surface area contributed by atoms with Crippen LogP contribution in [0.3, 0.4) is 0 Å². The summed E-state index contributed by atoms with van der Waals surface area (Å²) in [6.45, 7) is 5.63. The first-order valence-electron chi connectivity index (χ1n) is 8.45. The van der Waals surface area contributed by atoms with Gasteiger partial charge in [0.2, 0.25) is 0 Å². The molecule has 1 aliphatic rings. The number of nitrogens with one attached hydrogen (secondary N) is 1. The van der Waals surface area contributed by atoms with Crippen LogP contribution in [0.25, 0.3) is 0 Å². The summed E-state index contributed by atoms with van der Waals surface area (Å²) in [5, 5.41) is 15.4. The molecule has 1 aliphatic carbocycles. The second-order valence-electron chi connectivity index (χ2n) is 6.54. The molecule has 1 saturated carbocycles. The molecule has 0 spiro atoms. The number of ether oxygens (including phenoxy) is 1. The summed E-state index contributed by atoms with van der Waals surface area (Å²) >= 11 is 1.76. The van der Waals surface area contributed by atoms with Crippen LogP contribution in [-0.2, 0) is 11.2 Å². The van der Waals surface area contributed by atoms with Crippen LogP contribution in [0.15, 0.2) is 0 Å².